The summed E-state index contributed by atoms with van der Waals surface area (Å²) < 4.78 is 1.07. The standard InChI is InChI=1S/C14H17BrN4S/c1-9-6-7-18-14(16)13(9)12(19-17)8-20-11-4-2-10(15)3-5-11/h2-7,12,19H,8,17H2,1H3,(H2,16,18). The number of aryl methyl sites for hydroxylation is 1. The minimum Gasteiger partial charge on any atom is -0.383 e. The lowest BCUT2D eigenvalue weighted by Gasteiger charge is -2.19. The number of nitrogens with two attached hydrogens (primary N) is 2. The van der Waals surface area contributed by atoms with Gasteiger partial charge in [0, 0.05) is 26.9 Å². The molecule has 0 aliphatic rings. The molecule has 0 aliphatic heterocycles. The first-order valence-corrected chi connectivity index (χ1v) is 7.95. The van der Waals surface area contributed by atoms with E-state index in [0.29, 0.717) is 5.82 Å². The zero-order chi connectivity index (χ0) is 14.5. The fourth-order valence-electron chi connectivity index (χ4n) is 1.97. The maximum Gasteiger partial charge on any atom is 0.128 e. The van der Waals surface area contributed by atoms with Crippen molar-refractivity contribution in [1.82, 2.24) is 10.4 Å². The molecule has 0 fully saturated rings. The van der Waals surface area contributed by atoms with Crippen molar-refractivity contribution in [3.63, 3.8) is 0 Å². The Morgan fingerprint density at radius 3 is 2.60 bits per heavy atom. The number of benzene rings is 1. The number of rotatable bonds is 5. The summed E-state index contributed by atoms with van der Waals surface area (Å²) in [6, 6.07) is 10.1. The van der Waals surface area contributed by atoms with Crippen LogP contribution in [-0.4, -0.2) is 10.7 Å². The minimum absolute atomic E-state index is 0.0302. The molecule has 0 amide bonds. The first-order valence-electron chi connectivity index (χ1n) is 6.17. The molecule has 1 unspecified atom stereocenters. The fraction of sp³-hybridized carbons (Fsp3) is 0.214. The summed E-state index contributed by atoms with van der Waals surface area (Å²) in [4.78, 5) is 5.33. The number of hydrazine groups is 1. The van der Waals surface area contributed by atoms with Crippen LogP contribution in [0.4, 0.5) is 5.82 Å². The van der Waals surface area contributed by atoms with Crippen LogP contribution in [0.2, 0.25) is 0 Å². The molecular weight excluding hydrogens is 336 g/mol. The smallest absolute Gasteiger partial charge is 0.128 e. The van der Waals surface area contributed by atoms with E-state index in [2.05, 4.69) is 38.5 Å². The van der Waals surface area contributed by atoms with Crippen LogP contribution in [0.25, 0.3) is 0 Å². The maximum atomic E-state index is 5.96. The van der Waals surface area contributed by atoms with Gasteiger partial charge in [-0.2, -0.15) is 0 Å². The average molecular weight is 353 g/mol. The molecule has 0 saturated carbocycles. The summed E-state index contributed by atoms with van der Waals surface area (Å²) in [6.45, 7) is 2.02. The fourth-order valence-corrected chi connectivity index (χ4v) is 3.18. The van der Waals surface area contributed by atoms with Gasteiger partial charge in [-0.1, -0.05) is 15.9 Å². The normalized spacial score (nSPS) is 12.3. The van der Waals surface area contributed by atoms with Crippen LogP contribution in [0, 0.1) is 6.92 Å². The Kier molecular flexibility index (Phi) is 5.42. The van der Waals surface area contributed by atoms with E-state index < -0.39 is 0 Å². The third-order valence-electron chi connectivity index (χ3n) is 3.02. The topological polar surface area (TPSA) is 77.0 Å². The molecule has 1 heterocycles. The molecule has 0 saturated heterocycles. The molecule has 6 heteroatoms. The molecule has 0 aliphatic carbocycles. The Hall–Kier alpha value is -1.08. The van der Waals surface area contributed by atoms with Gasteiger partial charge in [0.15, 0.2) is 0 Å². The van der Waals surface area contributed by atoms with E-state index in [1.54, 1.807) is 18.0 Å². The first-order chi connectivity index (χ1) is 9.61. The van der Waals surface area contributed by atoms with Crippen molar-refractivity contribution in [2.75, 3.05) is 11.5 Å². The Morgan fingerprint density at radius 2 is 2.00 bits per heavy atom. The lowest BCUT2D eigenvalue weighted by molar-refractivity contribution is 0.607. The predicted octanol–water partition coefficient (Wildman–Crippen LogP) is 3.03. The summed E-state index contributed by atoms with van der Waals surface area (Å²) in [5, 5.41) is 0. The summed E-state index contributed by atoms with van der Waals surface area (Å²) >= 11 is 5.16. The van der Waals surface area contributed by atoms with Crippen molar-refractivity contribution in [3.8, 4) is 0 Å². The second kappa shape index (κ2) is 7.08. The second-order valence-corrected chi connectivity index (χ2v) is 6.42. The zero-order valence-corrected chi connectivity index (χ0v) is 13.5. The highest BCUT2D eigenvalue weighted by atomic mass is 79.9. The summed E-state index contributed by atoms with van der Waals surface area (Å²) in [6.07, 6.45) is 1.71. The van der Waals surface area contributed by atoms with Gasteiger partial charge in [0.2, 0.25) is 0 Å². The van der Waals surface area contributed by atoms with Gasteiger partial charge in [-0.25, -0.2) is 4.98 Å². The SMILES string of the molecule is Cc1ccnc(N)c1C(CSc1ccc(Br)cc1)NN. The minimum atomic E-state index is -0.0302. The molecule has 1 aromatic carbocycles. The largest absolute Gasteiger partial charge is 0.383 e. The molecular formula is C14H17BrN4S. The molecule has 20 heavy (non-hydrogen) atoms. The molecule has 2 rings (SSSR count). The van der Waals surface area contributed by atoms with Gasteiger partial charge in [0.05, 0.1) is 6.04 Å². The van der Waals surface area contributed by atoms with Gasteiger partial charge in [-0.15, -0.1) is 11.8 Å². The Morgan fingerprint density at radius 1 is 1.30 bits per heavy atom. The zero-order valence-electron chi connectivity index (χ0n) is 11.1. The second-order valence-electron chi connectivity index (χ2n) is 4.41. The monoisotopic (exact) mass is 352 g/mol. The van der Waals surface area contributed by atoms with E-state index in [1.165, 1.54) is 4.90 Å². The number of pyridine rings is 1. The molecule has 2 aromatic rings. The van der Waals surface area contributed by atoms with Crippen LogP contribution >= 0.6 is 27.7 Å². The number of nitrogens with one attached hydrogen (secondary N) is 1. The van der Waals surface area contributed by atoms with Crippen molar-refractivity contribution in [2.45, 2.75) is 17.9 Å². The van der Waals surface area contributed by atoms with Gasteiger partial charge < -0.3 is 5.73 Å². The highest BCUT2D eigenvalue weighted by Gasteiger charge is 2.16. The highest BCUT2D eigenvalue weighted by Crippen LogP contribution is 2.29. The molecule has 0 radical (unpaired) electrons. The third-order valence-corrected chi connectivity index (χ3v) is 4.65. The van der Waals surface area contributed by atoms with Crippen LogP contribution in [-0.2, 0) is 0 Å². The number of aromatic nitrogens is 1. The Labute approximate surface area is 131 Å². The number of hydrogen-bond acceptors (Lipinski definition) is 5. The van der Waals surface area contributed by atoms with Crippen molar-refractivity contribution in [1.29, 1.82) is 0 Å². The molecule has 106 valence electrons. The maximum absolute atomic E-state index is 5.96. The Balaban J connectivity index is 2.11. The van der Waals surface area contributed by atoms with Gasteiger partial charge in [0.1, 0.15) is 5.82 Å². The van der Waals surface area contributed by atoms with Crippen LogP contribution in [0.15, 0.2) is 45.9 Å². The van der Waals surface area contributed by atoms with E-state index in [1.807, 2.05) is 25.1 Å². The predicted molar refractivity (Wildman–Crippen MR) is 88.3 cm³/mol. The summed E-state index contributed by atoms with van der Waals surface area (Å²) in [5.41, 5.74) is 10.9. The number of hydrogen-bond donors (Lipinski definition) is 3. The van der Waals surface area contributed by atoms with Crippen molar-refractivity contribution < 1.29 is 0 Å². The summed E-state index contributed by atoms with van der Waals surface area (Å²) in [7, 11) is 0. The van der Waals surface area contributed by atoms with Crippen LogP contribution in [0.5, 0.6) is 0 Å². The van der Waals surface area contributed by atoms with Crippen molar-refractivity contribution >= 4 is 33.5 Å². The number of nitrogen functional groups attached to an aromatic ring is 1. The highest BCUT2D eigenvalue weighted by molar-refractivity contribution is 9.10. The average Bonchev–Trinajstić information content (AvgIpc) is 2.44. The van der Waals surface area contributed by atoms with Gasteiger partial charge in [-0.3, -0.25) is 11.3 Å². The summed E-state index contributed by atoms with van der Waals surface area (Å²) in [5.74, 6) is 7.00. The first kappa shape index (κ1) is 15.3. The van der Waals surface area contributed by atoms with Gasteiger partial charge >= 0.3 is 0 Å². The van der Waals surface area contributed by atoms with Crippen LogP contribution < -0.4 is 17.0 Å². The Bertz CT molecular complexity index is 554. The quantitative estimate of drug-likeness (QED) is 0.438. The molecule has 1 aromatic heterocycles. The molecule has 5 N–H and O–H groups in total. The molecule has 1 atom stereocenters. The third kappa shape index (κ3) is 3.73. The number of thioether (sulfide) groups is 1. The van der Waals surface area contributed by atoms with E-state index in [4.69, 9.17) is 11.6 Å². The van der Waals surface area contributed by atoms with Crippen molar-refractivity contribution in [2.24, 2.45) is 5.84 Å². The van der Waals surface area contributed by atoms with Gasteiger partial charge in [-0.05, 0) is 42.8 Å². The van der Waals surface area contributed by atoms with Gasteiger partial charge in [0.25, 0.3) is 0 Å². The van der Waals surface area contributed by atoms with E-state index in [9.17, 15) is 0 Å². The molecule has 4 nitrogen and oxygen atoms in total. The number of nitrogens with zero attached hydrogens (tertiary/aromatic N) is 1. The lowest BCUT2D eigenvalue weighted by Crippen LogP contribution is -2.31. The molecule has 0 bridgehead atoms. The number of anilines is 1. The number of halogens is 1. The lowest BCUT2D eigenvalue weighted by atomic mass is 10.0. The van der Waals surface area contributed by atoms with E-state index in [-0.39, 0.29) is 6.04 Å². The van der Waals surface area contributed by atoms with E-state index >= 15 is 0 Å². The van der Waals surface area contributed by atoms with Crippen LogP contribution in [0.3, 0.4) is 0 Å². The van der Waals surface area contributed by atoms with Crippen molar-refractivity contribution in [3.05, 3.63) is 52.1 Å². The molecule has 0 spiro atoms. The van der Waals surface area contributed by atoms with E-state index in [0.717, 1.165) is 21.4 Å². The van der Waals surface area contributed by atoms with Crippen LogP contribution in [0.1, 0.15) is 17.2 Å².